The number of benzene rings is 3. The number of carbonyl (C=O) groups excluding carboxylic acids is 2. The maximum absolute atomic E-state index is 12.5. The van der Waals surface area contributed by atoms with Gasteiger partial charge in [-0.2, -0.15) is 0 Å². The minimum absolute atomic E-state index is 0.169. The zero-order chi connectivity index (χ0) is 28.4. The normalized spacial score (nSPS) is 12.8. The van der Waals surface area contributed by atoms with Crippen molar-refractivity contribution in [2.45, 2.75) is 38.1 Å². The SMILES string of the molecule is C[C@@H](O)[C@H](NCc1ccc(C#Cc2ccc(NC(=O)[C@@H](N)Cc3ccc(C(=O)O)cc3)cc2)cc1)C(=O)NO. The quantitative estimate of drug-likeness (QED) is 0.118. The van der Waals surface area contributed by atoms with Crippen LogP contribution in [0.15, 0.2) is 72.8 Å². The number of hydrogen-bond donors (Lipinski definition) is 7. The Balaban J connectivity index is 1.52. The minimum atomic E-state index is -1.02. The first-order valence-corrected chi connectivity index (χ1v) is 12.1. The second-order valence-corrected chi connectivity index (χ2v) is 8.90. The molecule has 0 bridgehead atoms. The third kappa shape index (κ3) is 8.77. The van der Waals surface area contributed by atoms with Gasteiger partial charge in [-0.25, -0.2) is 10.3 Å². The number of aliphatic hydroxyl groups excluding tert-OH is 1. The van der Waals surface area contributed by atoms with Gasteiger partial charge in [0.05, 0.1) is 17.7 Å². The number of nitrogens with two attached hydrogens (primary N) is 1. The molecular weight excluding hydrogens is 500 g/mol. The van der Waals surface area contributed by atoms with Crippen LogP contribution < -0.4 is 21.8 Å². The lowest BCUT2D eigenvalue weighted by Crippen LogP contribution is -2.49. The molecule has 39 heavy (non-hydrogen) atoms. The number of amides is 2. The number of anilines is 1. The summed E-state index contributed by atoms with van der Waals surface area (Å²) in [4.78, 5) is 35.0. The van der Waals surface area contributed by atoms with Crippen molar-refractivity contribution in [2.75, 3.05) is 5.32 Å². The van der Waals surface area contributed by atoms with Crippen LogP contribution in [-0.4, -0.2) is 51.4 Å². The van der Waals surface area contributed by atoms with Gasteiger partial charge in [0, 0.05) is 23.4 Å². The van der Waals surface area contributed by atoms with E-state index in [0.29, 0.717) is 12.2 Å². The summed E-state index contributed by atoms with van der Waals surface area (Å²) in [5.74, 6) is 4.03. The molecule has 10 nitrogen and oxygen atoms in total. The van der Waals surface area contributed by atoms with Gasteiger partial charge < -0.3 is 21.3 Å². The molecule has 3 aromatic carbocycles. The summed E-state index contributed by atoms with van der Waals surface area (Å²) in [6, 6.07) is 18.8. The monoisotopic (exact) mass is 530 g/mol. The number of aromatic carboxylic acids is 1. The predicted molar refractivity (Wildman–Crippen MR) is 145 cm³/mol. The van der Waals surface area contributed by atoms with Crippen LogP contribution >= 0.6 is 0 Å². The molecule has 0 heterocycles. The highest BCUT2D eigenvalue weighted by molar-refractivity contribution is 5.95. The number of nitrogens with one attached hydrogen (secondary N) is 3. The van der Waals surface area contributed by atoms with Gasteiger partial charge >= 0.3 is 5.97 Å². The summed E-state index contributed by atoms with van der Waals surface area (Å²) in [5.41, 5.74) is 11.4. The molecule has 3 aromatic rings. The number of carbonyl (C=O) groups is 3. The Morgan fingerprint density at radius 2 is 1.38 bits per heavy atom. The second kappa shape index (κ2) is 13.9. The zero-order valence-corrected chi connectivity index (χ0v) is 21.2. The number of aliphatic hydroxyl groups is 1. The Bertz CT molecular complexity index is 1340. The van der Waals surface area contributed by atoms with Crippen molar-refractivity contribution >= 4 is 23.5 Å². The number of rotatable bonds is 10. The molecule has 0 radical (unpaired) electrons. The van der Waals surface area contributed by atoms with E-state index in [1.54, 1.807) is 36.4 Å². The highest BCUT2D eigenvalue weighted by Gasteiger charge is 2.22. The molecule has 0 aliphatic rings. The topological polar surface area (TPSA) is 174 Å². The van der Waals surface area contributed by atoms with Crippen molar-refractivity contribution in [3.63, 3.8) is 0 Å². The zero-order valence-electron chi connectivity index (χ0n) is 21.2. The molecule has 0 aromatic heterocycles. The summed E-state index contributed by atoms with van der Waals surface area (Å²) in [6.45, 7) is 1.76. The first-order valence-electron chi connectivity index (χ1n) is 12.1. The Kier molecular flexibility index (Phi) is 10.3. The van der Waals surface area contributed by atoms with E-state index in [4.69, 9.17) is 16.0 Å². The van der Waals surface area contributed by atoms with Crippen LogP contribution in [0.4, 0.5) is 5.69 Å². The molecule has 0 aliphatic heterocycles. The average molecular weight is 531 g/mol. The van der Waals surface area contributed by atoms with E-state index in [-0.39, 0.29) is 17.9 Å². The maximum atomic E-state index is 12.5. The Morgan fingerprint density at radius 3 is 1.90 bits per heavy atom. The second-order valence-electron chi connectivity index (χ2n) is 8.90. The first kappa shape index (κ1) is 29.0. The molecule has 3 atom stereocenters. The Hall–Kier alpha value is -4.53. The number of hydrogen-bond acceptors (Lipinski definition) is 7. The van der Waals surface area contributed by atoms with Crippen LogP contribution in [0.25, 0.3) is 0 Å². The van der Waals surface area contributed by atoms with Crippen molar-refractivity contribution in [1.29, 1.82) is 0 Å². The van der Waals surface area contributed by atoms with E-state index in [9.17, 15) is 19.5 Å². The third-order valence-electron chi connectivity index (χ3n) is 5.85. The van der Waals surface area contributed by atoms with Gasteiger partial charge in [-0.05, 0) is 73.0 Å². The van der Waals surface area contributed by atoms with Gasteiger partial charge in [-0.15, -0.1) is 0 Å². The fourth-order valence-electron chi connectivity index (χ4n) is 3.63. The molecular formula is C29H30N4O6. The molecule has 0 saturated carbocycles. The molecule has 0 spiro atoms. The molecule has 8 N–H and O–H groups in total. The Morgan fingerprint density at radius 1 is 0.846 bits per heavy atom. The minimum Gasteiger partial charge on any atom is -0.478 e. The highest BCUT2D eigenvalue weighted by Crippen LogP contribution is 2.12. The number of carboxylic acids is 1. The van der Waals surface area contributed by atoms with Gasteiger partial charge in [-0.1, -0.05) is 36.1 Å². The average Bonchev–Trinajstić information content (AvgIpc) is 2.93. The summed E-state index contributed by atoms with van der Waals surface area (Å²) >= 11 is 0. The molecule has 0 aliphatic carbocycles. The molecule has 3 rings (SSSR count). The van der Waals surface area contributed by atoms with Gasteiger partial charge in [-0.3, -0.25) is 20.1 Å². The standard InChI is InChI=1S/C29H30N4O6/c1-18(34)26(28(36)33-39)31-17-22-6-4-19(5-7-22)2-3-20-10-14-24(15-11-20)32-27(35)25(30)16-21-8-12-23(13-9-21)29(37)38/h4-15,18,25-26,31,34,39H,16-17,30H2,1H3,(H,32,35)(H,33,36)(H,37,38)/t18-,25+,26+/m1/s1. The molecule has 0 unspecified atom stereocenters. The lowest BCUT2D eigenvalue weighted by atomic mass is 10.0. The van der Waals surface area contributed by atoms with Crippen LogP contribution in [0, 0.1) is 11.8 Å². The predicted octanol–water partition coefficient (Wildman–Crippen LogP) is 1.64. The fourth-order valence-corrected chi connectivity index (χ4v) is 3.63. The van der Waals surface area contributed by atoms with Gasteiger partial charge in [0.15, 0.2) is 0 Å². The lowest BCUT2D eigenvalue weighted by molar-refractivity contribution is -0.134. The molecule has 0 fully saturated rings. The summed E-state index contributed by atoms with van der Waals surface area (Å²) in [5, 5.41) is 33.1. The molecule has 0 saturated heterocycles. The van der Waals surface area contributed by atoms with Crippen molar-refractivity contribution in [3.05, 3.63) is 101 Å². The summed E-state index contributed by atoms with van der Waals surface area (Å²) < 4.78 is 0. The van der Waals surface area contributed by atoms with Gasteiger partial charge in [0.25, 0.3) is 5.91 Å². The largest absolute Gasteiger partial charge is 0.478 e. The fraction of sp³-hybridized carbons (Fsp3) is 0.207. The summed E-state index contributed by atoms with van der Waals surface area (Å²) in [7, 11) is 0. The van der Waals surface area contributed by atoms with Crippen LogP contribution in [0.3, 0.4) is 0 Å². The molecule has 2 amide bonds. The summed E-state index contributed by atoms with van der Waals surface area (Å²) in [6.07, 6.45) is -0.716. The smallest absolute Gasteiger partial charge is 0.335 e. The van der Waals surface area contributed by atoms with Crippen LogP contribution in [0.2, 0.25) is 0 Å². The first-order chi connectivity index (χ1) is 18.7. The van der Waals surface area contributed by atoms with Crippen LogP contribution in [0.5, 0.6) is 0 Å². The van der Waals surface area contributed by atoms with E-state index < -0.39 is 30.1 Å². The highest BCUT2D eigenvalue weighted by atomic mass is 16.5. The van der Waals surface area contributed by atoms with Crippen molar-refractivity contribution in [1.82, 2.24) is 10.8 Å². The van der Waals surface area contributed by atoms with Gasteiger partial charge in [0.1, 0.15) is 6.04 Å². The van der Waals surface area contributed by atoms with Crippen molar-refractivity contribution in [3.8, 4) is 11.8 Å². The number of hydroxylamine groups is 1. The van der Waals surface area contributed by atoms with Gasteiger partial charge in [0.2, 0.25) is 5.91 Å². The maximum Gasteiger partial charge on any atom is 0.335 e. The molecule has 10 heteroatoms. The van der Waals surface area contributed by atoms with E-state index in [2.05, 4.69) is 22.5 Å². The van der Waals surface area contributed by atoms with Crippen molar-refractivity contribution < 1.29 is 29.8 Å². The van der Waals surface area contributed by atoms with E-state index in [1.165, 1.54) is 24.5 Å². The van der Waals surface area contributed by atoms with Crippen molar-refractivity contribution in [2.24, 2.45) is 5.73 Å². The van der Waals surface area contributed by atoms with E-state index in [1.807, 2.05) is 24.3 Å². The molecule has 202 valence electrons. The Labute approximate surface area is 225 Å². The van der Waals surface area contributed by atoms with E-state index >= 15 is 0 Å². The van der Waals surface area contributed by atoms with Crippen LogP contribution in [-0.2, 0) is 22.6 Å². The number of carboxylic acid groups (broad SMARTS) is 1. The third-order valence-corrected chi connectivity index (χ3v) is 5.85. The van der Waals surface area contributed by atoms with E-state index in [0.717, 1.165) is 22.3 Å². The van der Waals surface area contributed by atoms with Crippen LogP contribution in [0.1, 0.15) is 39.5 Å². The lowest BCUT2D eigenvalue weighted by Gasteiger charge is -2.19.